The Morgan fingerprint density at radius 1 is 0.234 bits per heavy atom. The van der Waals surface area contributed by atoms with Crippen molar-refractivity contribution >= 4 is 76.8 Å². The highest BCUT2D eigenvalue weighted by molar-refractivity contribution is 6.15. The maximum Gasteiger partial charge on any atom is 0.164 e. The zero-order valence-electron chi connectivity index (χ0n) is 51.0. The first-order valence-corrected chi connectivity index (χ1v) is 32.2. The van der Waals surface area contributed by atoms with Crippen LogP contribution in [0.15, 0.2) is 334 Å². The second-order valence-corrected chi connectivity index (χ2v) is 24.7. The Morgan fingerprint density at radius 3 is 1.13 bits per heavy atom. The zero-order valence-corrected chi connectivity index (χ0v) is 51.0. The van der Waals surface area contributed by atoms with Gasteiger partial charge in [0.05, 0.1) is 39.1 Å². The molecule has 19 rings (SSSR count). The Hall–Kier alpha value is -12.5. The quantitative estimate of drug-likeness (QED) is 0.137. The first-order valence-electron chi connectivity index (χ1n) is 32.2. The van der Waals surface area contributed by atoms with E-state index in [-0.39, 0.29) is 12.0 Å². The molecule has 7 nitrogen and oxygen atoms in total. The van der Waals surface area contributed by atoms with Gasteiger partial charge in [-0.3, -0.25) is 0 Å². The van der Waals surface area contributed by atoms with Crippen LogP contribution in [0.1, 0.15) is 11.5 Å². The summed E-state index contributed by atoms with van der Waals surface area (Å²) in [6.45, 7) is 0. The summed E-state index contributed by atoms with van der Waals surface area (Å²) in [6.07, 6.45) is 9.14. The van der Waals surface area contributed by atoms with Gasteiger partial charge in [0, 0.05) is 83.4 Å². The standard InChI is InChI=1S/C87H57N7/c1-5-21-56(22-6-1)62-49-63(57-23-7-2-8-24-57)51-64(50-62)61-39-45-81-73(52-61)74-53-68(42-46-82(74)91(81)65-40-37-60(38-41-65)87-89-85(58-25-9-3-10-26-58)88-86(90-87)59-27-11-4-12-28-59)94-83-47-43-66(92-77-33-17-13-29-69(77)70-30-14-18-34-78(70)92)54-75(83)76-55-67(44-48-84(76)94)93-79-35-19-15-31-71(79)72-32-16-20-36-80(72)93/h1-55,69,77H. The molecule has 0 amide bonds. The lowest BCUT2D eigenvalue weighted by atomic mass is 9.91. The van der Waals surface area contributed by atoms with Crippen LogP contribution in [0, 0.1) is 0 Å². The van der Waals surface area contributed by atoms with Crippen LogP contribution in [0.5, 0.6) is 0 Å². The fraction of sp³-hybridized carbons (Fsp3) is 0.0230. The molecule has 17 aromatic rings. The van der Waals surface area contributed by atoms with Crippen LogP contribution in [0.4, 0.5) is 11.4 Å². The molecule has 7 heteroatoms. The lowest BCUT2D eigenvalue weighted by Gasteiger charge is -2.28. The van der Waals surface area contributed by atoms with Crippen LogP contribution in [0.25, 0.3) is 150 Å². The minimum absolute atomic E-state index is 0.164. The van der Waals surface area contributed by atoms with Crippen molar-refractivity contribution in [1.29, 1.82) is 0 Å². The summed E-state index contributed by atoms with van der Waals surface area (Å²) in [5, 5.41) is 7.14. The first-order chi connectivity index (χ1) is 46.6. The number of hydrogen-bond acceptors (Lipinski definition) is 4. The van der Waals surface area contributed by atoms with Gasteiger partial charge in [-0.05, 0) is 166 Å². The summed E-state index contributed by atoms with van der Waals surface area (Å²) in [5.41, 5.74) is 23.6. The molecule has 1 aliphatic heterocycles. The summed E-state index contributed by atoms with van der Waals surface area (Å²) in [4.78, 5) is 17.8. The average Bonchev–Trinajstić information content (AvgIpc) is 1.57. The highest BCUT2D eigenvalue weighted by Gasteiger charge is 2.37. The molecule has 0 saturated heterocycles. The van der Waals surface area contributed by atoms with E-state index in [1.54, 1.807) is 0 Å². The SMILES string of the molecule is C1=CC2c3ccccc3N(c3ccc4c(c3)c3cc(-n5c6ccccc6c6ccccc65)ccc3n4-c3ccc4c(c3)c3cc(-c5cc(-c6ccccc6)cc(-c6ccccc6)c5)ccc3n4-c3ccc(-c4nc(-c5ccccc5)nc(-c5ccccc5)n4)cc3)C2C=C1. The minimum atomic E-state index is 0.164. The van der Waals surface area contributed by atoms with E-state index in [1.165, 1.54) is 71.8 Å². The molecule has 5 heterocycles. The normalized spacial score (nSPS) is 14.3. The van der Waals surface area contributed by atoms with Crippen molar-refractivity contribution in [3.8, 4) is 84.6 Å². The zero-order chi connectivity index (χ0) is 61.8. The summed E-state index contributed by atoms with van der Waals surface area (Å²) >= 11 is 0. The van der Waals surface area contributed by atoms with Gasteiger partial charge in [0.15, 0.2) is 17.5 Å². The van der Waals surface area contributed by atoms with Crippen LogP contribution < -0.4 is 4.90 Å². The highest BCUT2D eigenvalue weighted by Crippen LogP contribution is 2.49. The number of allylic oxidation sites excluding steroid dienone is 2. The van der Waals surface area contributed by atoms with Crippen molar-refractivity contribution in [3.63, 3.8) is 0 Å². The number of rotatable bonds is 10. The van der Waals surface area contributed by atoms with Crippen LogP contribution in [0.2, 0.25) is 0 Å². The summed E-state index contributed by atoms with van der Waals surface area (Å²) in [7, 11) is 0. The van der Waals surface area contributed by atoms with E-state index in [9.17, 15) is 0 Å². The fourth-order valence-corrected chi connectivity index (χ4v) is 15.1. The predicted octanol–water partition coefficient (Wildman–Crippen LogP) is 21.9. The van der Waals surface area contributed by atoms with Crippen molar-refractivity contribution in [2.24, 2.45) is 0 Å². The summed E-state index contributed by atoms with van der Waals surface area (Å²) < 4.78 is 7.35. The van der Waals surface area contributed by atoms with E-state index in [1.807, 2.05) is 36.4 Å². The molecular weight excluding hydrogens is 1140 g/mol. The van der Waals surface area contributed by atoms with Crippen molar-refractivity contribution in [2.75, 3.05) is 4.90 Å². The fourth-order valence-electron chi connectivity index (χ4n) is 15.1. The number of anilines is 2. The van der Waals surface area contributed by atoms with Crippen molar-refractivity contribution in [1.82, 2.24) is 28.7 Å². The van der Waals surface area contributed by atoms with E-state index < -0.39 is 0 Å². The molecule has 2 unspecified atom stereocenters. The largest absolute Gasteiger partial charge is 0.333 e. The van der Waals surface area contributed by atoms with Crippen molar-refractivity contribution < 1.29 is 0 Å². The van der Waals surface area contributed by atoms with Crippen molar-refractivity contribution in [3.05, 3.63) is 339 Å². The van der Waals surface area contributed by atoms with E-state index in [2.05, 4.69) is 316 Å². The Bertz CT molecular complexity index is 5750. The molecule has 0 bridgehead atoms. The first kappa shape index (κ1) is 53.4. The van der Waals surface area contributed by atoms with Gasteiger partial charge >= 0.3 is 0 Å². The third-order valence-corrected chi connectivity index (χ3v) is 19.4. The van der Waals surface area contributed by atoms with Gasteiger partial charge in [-0.25, -0.2) is 15.0 Å². The van der Waals surface area contributed by atoms with E-state index in [0.717, 1.165) is 77.7 Å². The lowest BCUT2D eigenvalue weighted by Crippen LogP contribution is -2.28. The molecule has 4 aromatic heterocycles. The van der Waals surface area contributed by atoms with Gasteiger partial charge in [0.2, 0.25) is 0 Å². The molecule has 94 heavy (non-hydrogen) atoms. The minimum Gasteiger partial charge on any atom is -0.333 e. The molecule has 0 saturated carbocycles. The van der Waals surface area contributed by atoms with Gasteiger partial charge in [-0.2, -0.15) is 0 Å². The van der Waals surface area contributed by atoms with E-state index in [4.69, 9.17) is 15.0 Å². The second kappa shape index (κ2) is 21.6. The van der Waals surface area contributed by atoms with Gasteiger partial charge in [0.25, 0.3) is 0 Å². The Morgan fingerprint density at radius 2 is 0.596 bits per heavy atom. The molecule has 0 spiro atoms. The Labute approximate surface area is 543 Å². The molecular formula is C87H57N7. The number of hydrogen-bond donors (Lipinski definition) is 0. The summed E-state index contributed by atoms with van der Waals surface area (Å²) in [5.74, 6) is 2.14. The smallest absolute Gasteiger partial charge is 0.164 e. The number of aromatic nitrogens is 6. The van der Waals surface area contributed by atoms with E-state index in [0.29, 0.717) is 17.5 Å². The van der Waals surface area contributed by atoms with Gasteiger partial charge in [-0.15, -0.1) is 0 Å². The van der Waals surface area contributed by atoms with Crippen molar-refractivity contribution in [2.45, 2.75) is 12.0 Å². The molecule has 0 radical (unpaired) electrons. The van der Waals surface area contributed by atoms with Crippen LogP contribution in [0.3, 0.4) is 0 Å². The Balaban J connectivity index is 0.822. The maximum atomic E-state index is 5.11. The topological polar surface area (TPSA) is 56.7 Å². The lowest BCUT2D eigenvalue weighted by molar-refractivity contribution is 0.745. The van der Waals surface area contributed by atoms with Crippen LogP contribution in [-0.2, 0) is 0 Å². The number of benzene rings is 13. The average molecular weight is 1200 g/mol. The molecule has 2 aliphatic rings. The van der Waals surface area contributed by atoms with Crippen LogP contribution in [-0.4, -0.2) is 34.7 Å². The van der Waals surface area contributed by atoms with E-state index >= 15 is 0 Å². The predicted molar refractivity (Wildman–Crippen MR) is 389 cm³/mol. The van der Waals surface area contributed by atoms with Gasteiger partial charge < -0.3 is 18.6 Å². The number of nitrogens with zero attached hydrogens (tertiary/aromatic N) is 7. The maximum absolute atomic E-state index is 5.11. The molecule has 0 N–H and O–H groups in total. The van der Waals surface area contributed by atoms with Gasteiger partial charge in [-0.1, -0.05) is 206 Å². The third-order valence-electron chi connectivity index (χ3n) is 19.4. The highest BCUT2D eigenvalue weighted by atomic mass is 15.2. The number of fused-ring (bicyclic) bond motifs is 12. The van der Waals surface area contributed by atoms with Gasteiger partial charge in [0.1, 0.15) is 0 Å². The monoisotopic (exact) mass is 1200 g/mol. The number of para-hydroxylation sites is 3. The Kier molecular flexibility index (Phi) is 12.3. The molecule has 440 valence electrons. The molecule has 2 atom stereocenters. The van der Waals surface area contributed by atoms with Crippen LogP contribution >= 0.6 is 0 Å². The molecule has 1 aliphatic carbocycles. The third kappa shape index (κ3) is 8.70. The molecule has 13 aromatic carbocycles. The second-order valence-electron chi connectivity index (χ2n) is 24.7. The summed E-state index contributed by atoms with van der Waals surface area (Å²) in [6, 6.07) is 113. The molecule has 0 fully saturated rings.